The molecular formula is C8H8ClFO. The zero-order valence-electron chi connectivity index (χ0n) is 6.05. The number of ether oxygens (including phenoxy) is 1. The maximum absolute atomic E-state index is 12.5. The first-order chi connectivity index (χ1) is 5.24. The average molecular weight is 175 g/mol. The van der Waals surface area contributed by atoms with Gasteiger partial charge in [0, 0.05) is 5.56 Å². The molecule has 0 aliphatic carbocycles. The quantitative estimate of drug-likeness (QED) is 0.627. The fourth-order valence-corrected chi connectivity index (χ4v) is 0.913. The van der Waals surface area contributed by atoms with Gasteiger partial charge in [0.1, 0.15) is 5.75 Å². The first-order valence-corrected chi connectivity index (χ1v) is 3.60. The smallest absolute Gasteiger partial charge is 0.198 e. The highest BCUT2D eigenvalue weighted by Gasteiger charge is 2.04. The van der Waals surface area contributed by atoms with Crippen molar-refractivity contribution in [3.63, 3.8) is 0 Å². The van der Waals surface area contributed by atoms with Crippen molar-refractivity contribution in [2.75, 3.05) is 7.11 Å². The number of rotatable bonds is 2. The summed E-state index contributed by atoms with van der Waals surface area (Å²) in [4.78, 5) is 0. The third-order valence-corrected chi connectivity index (χ3v) is 1.60. The van der Waals surface area contributed by atoms with E-state index in [2.05, 4.69) is 0 Å². The van der Waals surface area contributed by atoms with Crippen LogP contribution in [0.1, 0.15) is 11.2 Å². The first-order valence-electron chi connectivity index (χ1n) is 3.16. The van der Waals surface area contributed by atoms with Crippen LogP contribution in [0.5, 0.6) is 5.75 Å². The SMILES string of the molecule is COc1cccc(C(F)Cl)c1. The second kappa shape index (κ2) is 3.58. The van der Waals surface area contributed by atoms with E-state index in [1.807, 2.05) is 0 Å². The van der Waals surface area contributed by atoms with Gasteiger partial charge in [-0.2, -0.15) is 0 Å². The molecule has 3 heteroatoms. The van der Waals surface area contributed by atoms with Crippen LogP contribution in [0.2, 0.25) is 0 Å². The average Bonchev–Trinajstić information content (AvgIpc) is 2.05. The largest absolute Gasteiger partial charge is 0.497 e. The van der Waals surface area contributed by atoms with Gasteiger partial charge in [0.25, 0.3) is 0 Å². The van der Waals surface area contributed by atoms with Gasteiger partial charge >= 0.3 is 0 Å². The monoisotopic (exact) mass is 174 g/mol. The Morgan fingerprint density at radius 2 is 2.27 bits per heavy atom. The molecule has 60 valence electrons. The van der Waals surface area contributed by atoms with E-state index < -0.39 is 5.63 Å². The van der Waals surface area contributed by atoms with E-state index in [0.717, 1.165) is 0 Å². The fourth-order valence-electron chi connectivity index (χ4n) is 0.777. The second-order valence-electron chi connectivity index (χ2n) is 2.08. The molecule has 0 heterocycles. The zero-order chi connectivity index (χ0) is 8.27. The molecule has 1 aromatic carbocycles. The lowest BCUT2D eigenvalue weighted by atomic mass is 10.2. The van der Waals surface area contributed by atoms with Crippen LogP contribution in [0.4, 0.5) is 4.39 Å². The van der Waals surface area contributed by atoms with Crippen molar-refractivity contribution >= 4 is 11.6 Å². The van der Waals surface area contributed by atoms with Gasteiger partial charge in [-0.15, -0.1) is 0 Å². The molecular weight excluding hydrogens is 167 g/mol. The molecule has 0 aliphatic heterocycles. The lowest BCUT2D eigenvalue weighted by Crippen LogP contribution is -1.85. The third kappa shape index (κ3) is 2.09. The Kier molecular flexibility index (Phi) is 2.71. The summed E-state index contributed by atoms with van der Waals surface area (Å²) < 4.78 is 17.3. The van der Waals surface area contributed by atoms with Crippen LogP contribution < -0.4 is 4.74 Å². The van der Waals surface area contributed by atoms with Crippen molar-refractivity contribution < 1.29 is 9.13 Å². The number of hydrogen-bond donors (Lipinski definition) is 0. The maximum atomic E-state index is 12.5. The van der Waals surface area contributed by atoms with Crippen LogP contribution >= 0.6 is 11.6 Å². The van der Waals surface area contributed by atoms with E-state index >= 15 is 0 Å². The van der Waals surface area contributed by atoms with E-state index in [1.54, 1.807) is 24.3 Å². The van der Waals surface area contributed by atoms with E-state index in [9.17, 15) is 4.39 Å². The summed E-state index contributed by atoms with van der Waals surface area (Å²) in [5.74, 6) is 0.616. The van der Waals surface area contributed by atoms with Gasteiger partial charge < -0.3 is 4.74 Å². The molecule has 0 aromatic heterocycles. The number of benzene rings is 1. The lowest BCUT2D eigenvalue weighted by molar-refractivity contribution is 0.410. The second-order valence-corrected chi connectivity index (χ2v) is 2.46. The van der Waals surface area contributed by atoms with Gasteiger partial charge in [-0.25, -0.2) is 4.39 Å². The molecule has 0 radical (unpaired) electrons. The minimum absolute atomic E-state index is 0.422. The van der Waals surface area contributed by atoms with Crippen LogP contribution in [0.3, 0.4) is 0 Å². The summed E-state index contributed by atoms with van der Waals surface area (Å²) >= 11 is 5.21. The number of methoxy groups -OCH3 is 1. The minimum Gasteiger partial charge on any atom is -0.497 e. The molecule has 11 heavy (non-hydrogen) atoms. The minimum atomic E-state index is -1.45. The number of hydrogen-bond acceptors (Lipinski definition) is 1. The summed E-state index contributed by atoms with van der Waals surface area (Å²) in [5.41, 5.74) is -1.03. The normalized spacial score (nSPS) is 12.6. The van der Waals surface area contributed by atoms with E-state index in [-0.39, 0.29) is 0 Å². The molecule has 0 saturated heterocycles. The van der Waals surface area contributed by atoms with Crippen LogP contribution in [-0.4, -0.2) is 7.11 Å². The van der Waals surface area contributed by atoms with Crippen molar-refractivity contribution in [1.82, 2.24) is 0 Å². The molecule has 1 unspecified atom stereocenters. The van der Waals surface area contributed by atoms with Gasteiger partial charge in [-0.1, -0.05) is 23.7 Å². The molecule has 1 nitrogen and oxygen atoms in total. The Hall–Kier alpha value is -0.760. The molecule has 1 atom stereocenters. The summed E-state index contributed by atoms with van der Waals surface area (Å²) in [6.07, 6.45) is 0. The van der Waals surface area contributed by atoms with Crippen LogP contribution in [0, 0.1) is 0 Å². The predicted octanol–water partition coefficient (Wildman–Crippen LogP) is 2.90. The van der Waals surface area contributed by atoms with E-state index in [1.165, 1.54) is 7.11 Å². The highest BCUT2D eigenvalue weighted by Crippen LogP contribution is 2.24. The topological polar surface area (TPSA) is 9.23 Å². The Balaban J connectivity index is 2.91. The van der Waals surface area contributed by atoms with Gasteiger partial charge in [0.05, 0.1) is 7.11 Å². The third-order valence-electron chi connectivity index (χ3n) is 1.35. The molecule has 0 aliphatic rings. The molecule has 1 aromatic rings. The van der Waals surface area contributed by atoms with Crippen LogP contribution in [-0.2, 0) is 0 Å². The number of halogens is 2. The van der Waals surface area contributed by atoms with Crippen LogP contribution in [0.25, 0.3) is 0 Å². The Labute approximate surface area is 69.7 Å². The Morgan fingerprint density at radius 3 is 2.82 bits per heavy atom. The van der Waals surface area contributed by atoms with Gasteiger partial charge in [0.2, 0.25) is 0 Å². The highest BCUT2D eigenvalue weighted by atomic mass is 35.5. The van der Waals surface area contributed by atoms with E-state index in [4.69, 9.17) is 16.3 Å². The number of alkyl halides is 2. The molecule has 0 N–H and O–H groups in total. The summed E-state index contributed by atoms with van der Waals surface area (Å²) in [6.45, 7) is 0. The fraction of sp³-hybridized carbons (Fsp3) is 0.250. The van der Waals surface area contributed by atoms with Gasteiger partial charge in [-0.3, -0.25) is 0 Å². The Morgan fingerprint density at radius 1 is 1.55 bits per heavy atom. The molecule has 0 fully saturated rings. The molecule has 1 rings (SSSR count). The molecule has 0 spiro atoms. The summed E-state index contributed by atoms with van der Waals surface area (Å²) in [5, 5.41) is 0. The summed E-state index contributed by atoms with van der Waals surface area (Å²) in [6, 6.07) is 6.61. The van der Waals surface area contributed by atoms with Gasteiger partial charge in [-0.05, 0) is 12.1 Å². The van der Waals surface area contributed by atoms with Crippen LogP contribution in [0.15, 0.2) is 24.3 Å². The standard InChI is InChI=1S/C8H8ClFO/c1-11-7-4-2-3-6(5-7)8(9)10/h2-5,8H,1H3. The van der Waals surface area contributed by atoms with E-state index in [0.29, 0.717) is 11.3 Å². The van der Waals surface area contributed by atoms with Crippen molar-refractivity contribution in [3.05, 3.63) is 29.8 Å². The Bertz CT molecular complexity index is 237. The predicted molar refractivity (Wildman–Crippen MR) is 42.7 cm³/mol. The lowest BCUT2D eigenvalue weighted by Gasteiger charge is -2.02. The van der Waals surface area contributed by atoms with Crippen molar-refractivity contribution in [2.45, 2.75) is 5.63 Å². The molecule has 0 saturated carbocycles. The van der Waals surface area contributed by atoms with Crippen molar-refractivity contribution in [3.8, 4) is 5.75 Å². The zero-order valence-corrected chi connectivity index (χ0v) is 6.81. The molecule has 0 amide bonds. The summed E-state index contributed by atoms with van der Waals surface area (Å²) in [7, 11) is 1.53. The molecule has 0 bridgehead atoms. The maximum Gasteiger partial charge on any atom is 0.198 e. The van der Waals surface area contributed by atoms with Crippen molar-refractivity contribution in [1.29, 1.82) is 0 Å². The van der Waals surface area contributed by atoms with Gasteiger partial charge in [0.15, 0.2) is 5.63 Å². The first kappa shape index (κ1) is 8.34. The highest BCUT2D eigenvalue weighted by molar-refractivity contribution is 6.19. The van der Waals surface area contributed by atoms with Crippen molar-refractivity contribution in [2.24, 2.45) is 0 Å².